The summed E-state index contributed by atoms with van der Waals surface area (Å²) in [5.74, 6) is 0.335. The van der Waals surface area contributed by atoms with Crippen molar-refractivity contribution < 1.29 is 17.9 Å². The lowest BCUT2D eigenvalue weighted by Gasteiger charge is -2.42. The molecular weight excluding hydrogens is 579 g/mol. The first-order chi connectivity index (χ1) is 18.6. The van der Waals surface area contributed by atoms with Crippen LogP contribution in [0.2, 0.25) is 15.1 Å². The molecule has 0 saturated carbocycles. The van der Waals surface area contributed by atoms with Crippen molar-refractivity contribution in [1.82, 2.24) is 9.21 Å². The van der Waals surface area contributed by atoms with Crippen molar-refractivity contribution in [3.05, 3.63) is 99.0 Å². The average Bonchev–Trinajstić information content (AvgIpc) is 2.91. The van der Waals surface area contributed by atoms with Crippen LogP contribution in [0.25, 0.3) is 0 Å². The summed E-state index contributed by atoms with van der Waals surface area (Å²) >= 11 is 18.1. The quantitative estimate of drug-likeness (QED) is 0.257. The highest BCUT2D eigenvalue weighted by atomic mass is 35.5. The van der Waals surface area contributed by atoms with Crippen LogP contribution in [0.3, 0.4) is 0 Å². The van der Waals surface area contributed by atoms with Crippen LogP contribution < -0.4 is 4.74 Å². The molecule has 3 aromatic rings. The van der Waals surface area contributed by atoms with Crippen molar-refractivity contribution in [2.45, 2.75) is 31.6 Å². The highest BCUT2D eigenvalue weighted by molar-refractivity contribution is 7.88. The largest absolute Gasteiger partial charge is 0.493 e. The third kappa shape index (κ3) is 8.12. The zero-order chi connectivity index (χ0) is 28.0. The first-order valence-corrected chi connectivity index (χ1v) is 15.4. The van der Waals surface area contributed by atoms with Crippen molar-refractivity contribution >= 4 is 50.7 Å². The Morgan fingerprint density at radius 2 is 1.69 bits per heavy atom. The molecule has 1 aliphatic heterocycles. The summed E-state index contributed by atoms with van der Waals surface area (Å²) in [5, 5.41) is 1.26. The van der Waals surface area contributed by atoms with Crippen LogP contribution >= 0.6 is 34.8 Å². The maximum Gasteiger partial charge on any atom is 0.223 e. The summed E-state index contributed by atoms with van der Waals surface area (Å²) in [4.78, 5) is 15.1. The van der Waals surface area contributed by atoms with Gasteiger partial charge < -0.3 is 9.64 Å². The van der Waals surface area contributed by atoms with Crippen LogP contribution in [0, 0.1) is 5.41 Å². The molecule has 6 nitrogen and oxygen atoms in total. The van der Waals surface area contributed by atoms with Gasteiger partial charge >= 0.3 is 0 Å². The van der Waals surface area contributed by atoms with E-state index in [9.17, 15) is 13.2 Å². The molecule has 1 atom stereocenters. The Kier molecular flexibility index (Phi) is 9.83. The third-order valence-corrected chi connectivity index (χ3v) is 9.71. The third-order valence-electron chi connectivity index (χ3n) is 6.93. The number of piperidine rings is 1. The molecule has 208 valence electrons. The van der Waals surface area contributed by atoms with Gasteiger partial charge in [0.2, 0.25) is 15.9 Å². The Hall–Kier alpha value is -2.29. The maximum atomic E-state index is 13.5. The van der Waals surface area contributed by atoms with E-state index in [1.807, 2.05) is 30.3 Å². The van der Waals surface area contributed by atoms with Gasteiger partial charge in [-0.2, -0.15) is 0 Å². The second kappa shape index (κ2) is 12.9. The Balaban J connectivity index is 1.54. The van der Waals surface area contributed by atoms with Gasteiger partial charge in [-0.3, -0.25) is 4.79 Å². The summed E-state index contributed by atoms with van der Waals surface area (Å²) in [7, 11) is -1.93. The number of carbonyl (C=O) groups excluding carboxylic acids is 1. The second-order valence-electron chi connectivity index (χ2n) is 10.1. The fraction of sp³-hybridized carbons (Fsp3) is 0.345. The fourth-order valence-corrected chi connectivity index (χ4v) is 6.92. The number of sulfonamides is 1. The molecule has 4 rings (SSSR count). The molecule has 1 heterocycles. The summed E-state index contributed by atoms with van der Waals surface area (Å²) < 4.78 is 34.6. The fourth-order valence-electron chi connectivity index (χ4n) is 4.81. The van der Waals surface area contributed by atoms with Gasteiger partial charge in [-0.25, -0.2) is 12.7 Å². The topological polar surface area (TPSA) is 66.9 Å². The molecule has 0 aliphatic carbocycles. The van der Waals surface area contributed by atoms with E-state index in [0.717, 1.165) is 5.56 Å². The highest BCUT2D eigenvalue weighted by Crippen LogP contribution is 2.37. The average molecular weight is 610 g/mol. The molecule has 39 heavy (non-hydrogen) atoms. The minimum Gasteiger partial charge on any atom is -0.493 e. The molecule has 0 spiro atoms. The van der Waals surface area contributed by atoms with E-state index in [4.69, 9.17) is 39.5 Å². The lowest BCUT2D eigenvalue weighted by atomic mass is 9.78. The van der Waals surface area contributed by atoms with Crippen molar-refractivity contribution in [2.24, 2.45) is 5.41 Å². The molecule has 1 amide bonds. The Morgan fingerprint density at radius 1 is 0.974 bits per heavy atom. The molecule has 0 bridgehead atoms. The number of benzene rings is 3. The van der Waals surface area contributed by atoms with E-state index >= 15 is 0 Å². The van der Waals surface area contributed by atoms with E-state index in [0.29, 0.717) is 52.3 Å². The highest BCUT2D eigenvalue weighted by Gasteiger charge is 2.42. The van der Waals surface area contributed by atoms with Gasteiger partial charge in [0.1, 0.15) is 5.75 Å². The van der Waals surface area contributed by atoms with Crippen LogP contribution in [0.15, 0.2) is 72.8 Å². The first kappa shape index (κ1) is 29.7. The van der Waals surface area contributed by atoms with Gasteiger partial charge in [-0.15, -0.1) is 0 Å². The Morgan fingerprint density at radius 3 is 2.38 bits per heavy atom. The predicted molar refractivity (Wildman–Crippen MR) is 157 cm³/mol. The first-order valence-electron chi connectivity index (χ1n) is 12.6. The van der Waals surface area contributed by atoms with Gasteiger partial charge in [0, 0.05) is 43.5 Å². The standard InChI is InChI=1S/C29H31Cl3N2O4S/c1-33(18-22-6-3-2-4-7-22)28(35)17-29(21-38-25-11-9-24(30)10-12-25)14-5-15-34(20-29)39(36,37)19-23-8-13-26(31)27(32)16-23/h2-4,6-13,16H,5,14-15,17-21H2,1H3/t29-/m0/s1. The number of hydrogen-bond acceptors (Lipinski definition) is 4. The van der Waals surface area contributed by atoms with Gasteiger partial charge in [0.25, 0.3) is 0 Å². The van der Waals surface area contributed by atoms with Crippen molar-refractivity contribution in [1.29, 1.82) is 0 Å². The summed E-state index contributed by atoms with van der Waals surface area (Å²) in [6.45, 7) is 1.21. The number of ether oxygens (including phenoxy) is 1. The monoisotopic (exact) mass is 608 g/mol. The van der Waals surface area contributed by atoms with Gasteiger partial charge in [0.05, 0.1) is 22.4 Å². The molecule has 0 unspecified atom stereocenters. The normalized spacial score (nSPS) is 18.1. The van der Waals surface area contributed by atoms with Gasteiger partial charge in [0.15, 0.2) is 0 Å². The minimum atomic E-state index is -3.70. The van der Waals surface area contributed by atoms with Crippen LogP contribution in [0.4, 0.5) is 0 Å². The lowest BCUT2D eigenvalue weighted by Crippen LogP contribution is -2.50. The molecule has 0 N–H and O–H groups in total. The van der Waals surface area contributed by atoms with Crippen LogP contribution in [0.5, 0.6) is 5.75 Å². The molecular formula is C29H31Cl3N2O4S. The Labute approximate surface area is 245 Å². The van der Waals surface area contributed by atoms with Gasteiger partial charge in [-0.1, -0.05) is 71.2 Å². The van der Waals surface area contributed by atoms with Crippen LogP contribution in [-0.4, -0.2) is 50.3 Å². The van der Waals surface area contributed by atoms with E-state index in [-0.39, 0.29) is 31.2 Å². The number of hydrogen-bond donors (Lipinski definition) is 0. The molecule has 0 radical (unpaired) electrons. The molecule has 0 aromatic heterocycles. The minimum absolute atomic E-state index is 0.0673. The Bertz CT molecular complexity index is 1390. The number of amides is 1. The summed E-state index contributed by atoms with van der Waals surface area (Å²) in [6, 6.07) is 21.6. The van der Waals surface area contributed by atoms with Crippen LogP contribution in [-0.2, 0) is 27.1 Å². The zero-order valence-electron chi connectivity index (χ0n) is 21.7. The number of nitrogens with zero attached hydrogens (tertiary/aromatic N) is 2. The number of halogens is 3. The van der Waals surface area contributed by atoms with Crippen LogP contribution in [0.1, 0.15) is 30.4 Å². The molecule has 1 fully saturated rings. The van der Waals surface area contributed by atoms with E-state index in [1.54, 1.807) is 54.4 Å². The van der Waals surface area contributed by atoms with E-state index in [1.165, 1.54) is 4.31 Å². The smallest absolute Gasteiger partial charge is 0.223 e. The number of carbonyl (C=O) groups is 1. The second-order valence-corrected chi connectivity index (χ2v) is 13.3. The van der Waals surface area contributed by atoms with E-state index < -0.39 is 15.4 Å². The van der Waals surface area contributed by atoms with Crippen molar-refractivity contribution in [3.63, 3.8) is 0 Å². The maximum absolute atomic E-state index is 13.5. The molecule has 1 saturated heterocycles. The van der Waals surface area contributed by atoms with Crippen molar-refractivity contribution in [2.75, 3.05) is 26.7 Å². The SMILES string of the molecule is CN(Cc1ccccc1)C(=O)C[C@@]1(COc2ccc(Cl)cc2)CCCN(S(=O)(=O)Cc2ccc(Cl)c(Cl)c2)C1. The predicted octanol–water partition coefficient (Wildman–Crippen LogP) is 6.69. The lowest BCUT2D eigenvalue weighted by molar-refractivity contribution is -0.134. The molecule has 3 aromatic carbocycles. The summed E-state index contributed by atoms with van der Waals surface area (Å²) in [6.07, 6.45) is 1.42. The number of rotatable bonds is 10. The summed E-state index contributed by atoms with van der Waals surface area (Å²) in [5.41, 5.74) is 0.871. The van der Waals surface area contributed by atoms with Gasteiger partial charge in [-0.05, 0) is 60.4 Å². The van der Waals surface area contributed by atoms with Crippen molar-refractivity contribution in [3.8, 4) is 5.75 Å². The zero-order valence-corrected chi connectivity index (χ0v) is 24.7. The molecule has 10 heteroatoms. The van der Waals surface area contributed by atoms with E-state index in [2.05, 4.69) is 0 Å². The molecule has 1 aliphatic rings.